The number of ether oxygens (including phenoxy) is 1. The summed E-state index contributed by atoms with van der Waals surface area (Å²) in [4.78, 5) is 16.0. The number of carbonyl (C=O) groups excluding carboxylic acids is 1. The zero-order valence-corrected chi connectivity index (χ0v) is 12.8. The molecule has 0 aliphatic heterocycles. The third-order valence-electron chi connectivity index (χ3n) is 2.29. The van der Waals surface area contributed by atoms with Crippen molar-refractivity contribution in [1.29, 1.82) is 0 Å². The van der Waals surface area contributed by atoms with Gasteiger partial charge in [-0.3, -0.25) is 0 Å². The Labute approximate surface area is 129 Å². The smallest absolute Gasteiger partial charge is 0.352 e. The molecule has 0 amide bonds. The van der Waals surface area contributed by atoms with Gasteiger partial charge in [0.05, 0.1) is 16.7 Å². The maximum Gasteiger partial charge on any atom is 0.352 e. The largest absolute Gasteiger partial charge is 0.462 e. The molecule has 0 radical (unpaired) electrons. The van der Waals surface area contributed by atoms with Crippen molar-refractivity contribution in [2.45, 2.75) is 6.92 Å². The number of halogens is 2. The monoisotopic (exact) mass is 331 g/mol. The summed E-state index contributed by atoms with van der Waals surface area (Å²) in [7, 11) is 0. The minimum atomic E-state index is -0.482. The van der Waals surface area contributed by atoms with Crippen molar-refractivity contribution in [3.8, 4) is 0 Å². The number of benzene rings is 1. The average molecular weight is 332 g/mol. The SMILES string of the molecule is CCOC(=O)c1sc(Nc2ccc(Cl)c(Cl)c2)nc1N. The third-order valence-corrected chi connectivity index (χ3v) is 3.99. The molecule has 0 spiro atoms. The number of esters is 1. The van der Waals surface area contributed by atoms with Crippen LogP contribution >= 0.6 is 34.5 Å². The van der Waals surface area contributed by atoms with E-state index in [4.69, 9.17) is 33.7 Å². The summed E-state index contributed by atoms with van der Waals surface area (Å²) in [6, 6.07) is 5.07. The summed E-state index contributed by atoms with van der Waals surface area (Å²) in [6.07, 6.45) is 0. The quantitative estimate of drug-likeness (QED) is 0.829. The van der Waals surface area contributed by atoms with Gasteiger partial charge in [0.15, 0.2) is 15.8 Å². The molecular weight excluding hydrogens is 321 g/mol. The van der Waals surface area contributed by atoms with Crippen molar-refractivity contribution in [3.05, 3.63) is 33.1 Å². The zero-order chi connectivity index (χ0) is 14.7. The molecule has 1 heterocycles. The van der Waals surface area contributed by atoms with Gasteiger partial charge in [-0.05, 0) is 25.1 Å². The average Bonchev–Trinajstić information content (AvgIpc) is 2.75. The van der Waals surface area contributed by atoms with Gasteiger partial charge in [-0.2, -0.15) is 0 Å². The number of nitrogen functional groups attached to an aromatic ring is 1. The van der Waals surface area contributed by atoms with E-state index in [1.807, 2.05) is 0 Å². The third kappa shape index (κ3) is 3.33. The van der Waals surface area contributed by atoms with Gasteiger partial charge in [0, 0.05) is 5.69 Å². The lowest BCUT2D eigenvalue weighted by Crippen LogP contribution is -2.05. The molecule has 3 N–H and O–H groups in total. The summed E-state index contributed by atoms with van der Waals surface area (Å²) >= 11 is 12.9. The van der Waals surface area contributed by atoms with E-state index in [1.165, 1.54) is 0 Å². The number of hydrogen-bond acceptors (Lipinski definition) is 6. The van der Waals surface area contributed by atoms with Crippen LogP contribution in [0.4, 0.5) is 16.6 Å². The maximum atomic E-state index is 11.6. The van der Waals surface area contributed by atoms with E-state index in [0.29, 0.717) is 20.9 Å². The number of nitrogens with two attached hydrogens (primary N) is 1. The Bertz CT molecular complexity index is 646. The Morgan fingerprint density at radius 3 is 2.85 bits per heavy atom. The molecular formula is C12H11Cl2N3O2S. The second-order valence-electron chi connectivity index (χ2n) is 3.71. The lowest BCUT2D eigenvalue weighted by molar-refractivity contribution is 0.0533. The molecule has 1 aromatic heterocycles. The van der Waals surface area contributed by atoms with E-state index in [9.17, 15) is 4.79 Å². The highest BCUT2D eigenvalue weighted by Crippen LogP contribution is 2.31. The summed E-state index contributed by atoms with van der Waals surface area (Å²) in [6.45, 7) is 2.01. The van der Waals surface area contributed by atoms with Crippen LogP contribution in [0.3, 0.4) is 0 Å². The standard InChI is InChI=1S/C12H11Cl2N3O2S/c1-2-19-11(18)9-10(15)17-12(20-9)16-6-3-4-7(13)8(14)5-6/h3-5H,2,15H2,1H3,(H,16,17). The molecule has 0 unspecified atom stereocenters. The summed E-state index contributed by atoms with van der Waals surface area (Å²) in [5.41, 5.74) is 6.39. The van der Waals surface area contributed by atoms with Crippen LogP contribution in [0.25, 0.3) is 0 Å². The molecule has 0 aliphatic carbocycles. The van der Waals surface area contributed by atoms with E-state index in [0.717, 1.165) is 11.3 Å². The number of nitrogens with zero attached hydrogens (tertiary/aromatic N) is 1. The first-order valence-corrected chi connectivity index (χ1v) is 7.24. The van der Waals surface area contributed by atoms with E-state index in [2.05, 4.69) is 10.3 Å². The highest BCUT2D eigenvalue weighted by Gasteiger charge is 2.17. The van der Waals surface area contributed by atoms with Gasteiger partial charge in [0.25, 0.3) is 0 Å². The van der Waals surface area contributed by atoms with Crippen molar-refractivity contribution in [3.63, 3.8) is 0 Å². The van der Waals surface area contributed by atoms with Crippen LogP contribution in [-0.2, 0) is 4.74 Å². The molecule has 0 saturated heterocycles. The van der Waals surface area contributed by atoms with Crippen molar-refractivity contribution in [2.24, 2.45) is 0 Å². The highest BCUT2D eigenvalue weighted by atomic mass is 35.5. The van der Waals surface area contributed by atoms with Crippen molar-refractivity contribution in [1.82, 2.24) is 4.98 Å². The second-order valence-corrected chi connectivity index (χ2v) is 5.52. The van der Waals surface area contributed by atoms with Gasteiger partial charge in [-0.15, -0.1) is 0 Å². The molecule has 2 aromatic rings. The van der Waals surface area contributed by atoms with Gasteiger partial charge in [-0.1, -0.05) is 34.5 Å². The van der Waals surface area contributed by atoms with Gasteiger partial charge >= 0.3 is 5.97 Å². The minimum Gasteiger partial charge on any atom is -0.462 e. The first-order valence-electron chi connectivity index (χ1n) is 5.66. The Balaban J connectivity index is 2.20. The summed E-state index contributed by atoms with van der Waals surface area (Å²) < 4.78 is 4.89. The van der Waals surface area contributed by atoms with Gasteiger partial charge < -0.3 is 15.8 Å². The molecule has 0 bridgehead atoms. The van der Waals surface area contributed by atoms with Gasteiger partial charge in [-0.25, -0.2) is 9.78 Å². The van der Waals surface area contributed by atoms with Crippen LogP contribution < -0.4 is 11.1 Å². The lowest BCUT2D eigenvalue weighted by atomic mass is 10.3. The molecule has 0 saturated carbocycles. The molecule has 8 heteroatoms. The number of hydrogen-bond donors (Lipinski definition) is 2. The molecule has 5 nitrogen and oxygen atoms in total. The normalized spacial score (nSPS) is 10.3. The zero-order valence-electron chi connectivity index (χ0n) is 10.4. The van der Waals surface area contributed by atoms with E-state index < -0.39 is 5.97 Å². The van der Waals surface area contributed by atoms with Crippen molar-refractivity contribution >= 4 is 57.1 Å². The van der Waals surface area contributed by atoms with E-state index in [-0.39, 0.29) is 17.3 Å². The van der Waals surface area contributed by atoms with Crippen LogP contribution in [0, 0.1) is 0 Å². The Kier molecular flexibility index (Phi) is 4.69. The number of thiazole rings is 1. The van der Waals surface area contributed by atoms with E-state index >= 15 is 0 Å². The number of nitrogens with one attached hydrogen (secondary N) is 1. The highest BCUT2D eigenvalue weighted by molar-refractivity contribution is 7.18. The van der Waals surface area contributed by atoms with Crippen LogP contribution in [0.5, 0.6) is 0 Å². The molecule has 1 aromatic carbocycles. The van der Waals surface area contributed by atoms with Crippen LogP contribution in [0.1, 0.15) is 16.6 Å². The first-order chi connectivity index (χ1) is 9.51. The predicted molar refractivity (Wildman–Crippen MR) is 82.2 cm³/mol. The molecule has 106 valence electrons. The number of anilines is 3. The molecule has 0 atom stereocenters. The Hall–Kier alpha value is -1.50. The Morgan fingerprint density at radius 1 is 1.45 bits per heavy atom. The lowest BCUT2D eigenvalue weighted by Gasteiger charge is -2.03. The number of aromatic nitrogens is 1. The van der Waals surface area contributed by atoms with Crippen molar-refractivity contribution < 1.29 is 9.53 Å². The minimum absolute atomic E-state index is 0.135. The number of carbonyl (C=O) groups is 1. The fourth-order valence-electron chi connectivity index (χ4n) is 1.43. The van der Waals surface area contributed by atoms with Gasteiger partial charge in [0.2, 0.25) is 0 Å². The topological polar surface area (TPSA) is 77.2 Å². The second kappa shape index (κ2) is 6.30. The first kappa shape index (κ1) is 14.9. The van der Waals surface area contributed by atoms with Crippen LogP contribution in [0.15, 0.2) is 18.2 Å². The molecule has 2 rings (SSSR count). The van der Waals surface area contributed by atoms with E-state index in [1.54, 1.807) is 25.1 Å². The fourth-order valence-corrected chi connectivity index (χ4v) is 2.52. The predicted octanol–water partition coefficient (Wildman–Crippen LogP) is 3.95. The fraction of sp³-hybridized carbons (Fsp3) is 0.167. The van der Waals surface area contributed by atoms with Crippen molar-refractivity contribution in [2.75, 3.05) is 17.7 Å². The van der Waals surface area contributed by atoms with Gasteiger partial charge in [0.1, 0.15) is 0 Å². The molecule has 0 aliphatic rings. The van der Waals surface area contributed by atoms with Crippen LogP contribution in [0.2, 0.25) is 10.0 Å². The summed E-state index contributed by atoms with van der Waals surface area (Å²) in [5, 5.41) is 4.37. The number of rotatable bonds is 4. The maximum absolute atomic E-state index is 11.6. The molecule has 20 heavy (non-hydrogen) atoms. The van der Waals surface area contributed by atoms with Crippen LogP contribution in [-0.4, -0.2) is 17.6 Å². The molecule has 0 fully saturated rings. The Morgan fingerprint density at radius 2 is 2.20 bits per heavy atom. The summed E-state index contributed by atoms with van der Waals surface area (Å²) in [5.74, 6) is -0.347.